The summed E-state index contributed by atoms with van der Waals surface area (Å²) in [5, 5.41) is 3.22. The quantitative estimate of drug-likeness (QED) is 0.905. The third-order valence-corrected chi connectivity index (χ3v) is 5.09. The minimum Gasteiger partial charge on any atom is -0.352 e. The van der Waals surface area contributed by atoms with Crippen molar-refractivity contribution in [1.82, 2.24) is 19.8 Å². The summed E-state index contributed by atoms with van der Waals surface area (Å²) in [6.07, 6.45) is 7.81. The van der Waals surface area contributed by atoms with Crippen LogP contribution in [-0.4, -0.2) is 39.5 Å². The van der Waals surface area contributed by atoms with Crippen molar-refractivity contribution < 1.29 is 4.79 Å². The van der Waals surface area contributed by atoms with E-state index >= 15 is 0 Å². The number of hydrogen-bond donors (Lipinski definition) is 1. The van der Waals surface area contributed by atoms with Crippen molar-refractivity contribution in [3.63, 3.8) is 0 Å². The molecule has 1 unspecified atom stereocenters. The zero-order valence-electron chi connectivity index (χ0n) is 13.6. The molecule has 5 heteroatoms. The average Bonchev–Trinajstić information content (AvgIpc) is 3.39. The van der Waals surface area contributed by atoms with E-state index in [-0.39, 0.29) is 11.9 Å². The van der Waals surface area contributed by atoms with E-state index in [1.807, 2.05) is 6.33 Å². The second-order valence-electron chi connectivity index (χ2n) is 7.45. The van der Waals surface area contributed by atoms with Crippen LogP contribution in [0.5, 0.6) is 0 Å². The number of carbonyl (C=O) groups excluding carboxylic acids is 1. The molecule has 120 valence electrons. The second kappa shape index (κ2) is 5.37. The molecule has 22 heavy (non-hydrogen) atoms. The topological polar surface area (TPSA) is 50.2 Å². The van der Waals surface area contributed by atoms with Gasteiger partial charge in [0.2, 0.25) is 5.91 Å². The molecule has 0 radical (unpaired) electrons. The summed E-state index contributed by atoms with van der Waals surface area (Å²) in [7, 11) is 0. The molecule has 1 amide bonds. The maximum Gasteiger partial charge on any atom is 0.243 e. The van der Waals surface area contributed by atoms with Gasteiger partial charge in [0, 0.05) is 31.6 Å². The highest BCUT2D eigenvalue weighted by Crippen LogP contribution is 2.37. The van der Waals surface area contributed by atoms with Crippen LogP contribution in [0.1, 0.15) is 63.0 Å². The number of nitrogens with zero attached hydrogens (tertiary/aromatic N) is 3. The summed E-state index contributed by atoms with van der Waals surface area (Å²) >= 11 is 0. The van der Waals surface area contributed by atoms with E-state index in [1.54, 1.807) is 0 Å². The van der Waals surface area contributed by atoms with E-state index in [1.165, 1.54) is 12.8 Å². The molecule has 0 saturated heterocycles. The largest absolute Gasteiger partial charge is 0.352 e. The van der Waals surface area contributed by atoms with Crippen LogP contribution >= 0.6 is 0 Å². The third-order valence-electron chi connectivity index (χ3n) is 5.09. The van der Waals surface area contributed by atoms with Gasteiger partial charge in [-0.25, -0.2) is 4.98 Å². The Morgan fingerprint density at radius 2 is 2.14 bits per heavy atom. The summed E-state index contributed by atoms with van der Waals surface area (Å²) < 4.78 is 2.20. The number of nitrogens with one attached hydrogen (secondary N) is 1. The van der Waals surface area contributed by atoms with Gasteiger partial charge in [-0.1, -0.05) is 0 Å². The first-order valence-electron chi connectivity index (χ1n) is 8.73. The van der Waals surface area contributed by atoms with Crippen molar-refractivity contribution >= 4 is 5.91 Å². The molecular weight excluding hydrogens is 276 g/mol. The van der Waals surface area contributed by atoms with Gasteiger partial charge in [-0.05, 0) is 45.4 Å². The van der Waals surface area contributed by atoms with Gasteiger partial charge in [0.25, 0.3) is 0 Å². The lowest BCUT2D eigenvalue weighted by Crippen LogP contribution is -2.46. The van der Waals surface area contributed by atoms with Gasteiger partial charge in [-0.2, -0.15) is 0 Å². The molecule has 1 aliphatic heterocycles. The van der Waals surface area contributed by atoms with Crippen molar-refractivity contribution in [2.75, 3.05) is 13.1 Å². The van der Waals surface area contributed by atoms with Crippen LogP contribution in [0.3, 0.4) is 0 Å². The average molecular weight is 302 g/mol. The Morgan fingerprint density at radius 1 is 1.36 bits per heavy atom. The first-order chi connectivity index (χ1) is 10.6. The summed E-state index contributed by atoms with van der Waals surface area (Å²) in [5.74, 6) is 0.986. The normalized spacial score (nSPS) is 25.3. The smallest absolute Gasteiger partial charge is 0.243 e. The van der Waals surface area contributed by atoms with Crippen LogP contribution in [0.15, 0.2) is 6.33 Å². The fraction of sp³-hybridized carbons (Fsp3) is 0.765. The molecule has 3 aliphatic rings. The molecule has 5 nitrogen and oxygen atoms in total. The molecule has 2 saturated carbocycles. The Kier molecular flexibility index (Phi) is 3.48. The van der Waals surface area contributed by atoms with E-state index in [9.17, 15) is 4.79 Å². The number of aromatic nitrogens is 2. The van der Waals surface area contributed by atoms with E-state index in [2.05, 4.69) is 33.6 Å². The zero-order chi connectivity index (χ0) is 15.3. The summed E-state index contributed by atoms with van der Waals surface area (Å²) in [5.41, 5.74) is 2.26. The molecule has 0 bridgehead atoms. The summed E-state index contributed by atoms with van der Waals surface area (Å²) in [6, 6.07) is 0.610. The van der Waals surface area contributed by atoms with Crippen molar-refractivity contribution in [2.45, 2.75) is 64.1 Å². The highest BCUT2D eigenvalue weighted by Gasteiger charge is 2.40. The summed E-state index contributed by atoms with van der Waals surface area (Å²) in [6.45, 7) is 6.35. The summed E-state index contributed by atoms with van der Waals surface area (Å²) in [4.78, 5) is 19.9. The standard InChI is InChI=1S/C17H26N4O/c1-11(2)21-10-18-14-7-8-20(9-12-3-4-12)16(15(14)21)17(22)19-13-5-6-13/h10-13,16H,3-9H2,1-2H3,(H,19,22). The molecule has 2 aliphatic carbocycles. The number of rotatable bonds is 5. The minimum absolute atomic E-state index is 0.144. The first-order valence-corrected chi connectivity index (χ1v) is 8.73. The van der Waals surface area contributed by atoms with Crippen LogP contribution in [-0.2, 0) is 11.2 Å². The monoisotopic (exact) mass is 302 g/mol. The van der Waals surface area contributed by atoms with Gasteiger partial charge in [0.1, 0.15) is 6.04 Å². The Morgan fingerprint density at radius 3 is 2.77 bits per heavy atom. The SMILES string of the molecule is CC(C)n1cnc2c1C(C(=O)NC1CC1)N(CC1CC1)CC2. The fourth-order valence-corrected chi connectivity index (χ4v) is 3.49. The first kappa shape index (κ1) is 14.2. The van der Waals surface area contributed by atoms with Gasteiger partial charge in [0.15, 0.2) is 0 Å². The lowest BCUT2D eigenvalue weighted by atomic mass is 10.0. The third kappa shape index (κ3) is 2.67. The zero-order valence-corrected chi connectivity index (χ0v) is 13.6. The molecule has 1 aromatic heterocycles. The molecule has 1 N–H and O–H groups in total. The highest BCUT2D eigenvalue weighted by atomic mass is 16.2. The predicted octanol–water partition coefficient (Wildman–Crippen LogP) is 2.05. The van der Waals surface area contributed by atoms with Gasteiger partial charge >= 0.3 is 0 Å². The van der Waals surface area contributed by atoms with Crippen molar-refractivity contribution in [1.29, 1.82) is 0 Å². The Balaban J connectivity index is 1.66. The maximum atomic E-state index is 12.9. The number of fused-ring (bicyclic) bond motifs is 1. The molecule has 0 aromatic carbocycles. The molecule has 4 rings (SSSR count). The minimum atomic E-state index is -0.144. The van der Waals surface area contributed by atoms with E-state index in [0.717, 1.165) is 49.7 Å². The van der Waals surface area contributed by atoms with Gasteiger partial charge in [-0.3, -0.25) is 9.69 Å². The van der Waals surface area contributed by atoms with Crippen LogP contribution in [0.25, 0.3) is 0 Å². The number of hydrogen-bond acceptors (Lipinski definition) is 3. The van der Waals surface area contributed by atoms with Gasteiger partial charge in [-0.15, -0.1) is 0 Å². The van der Waals surface area contributed by atoms with Crippen molar-refractivity contribution in [3.8, 4) is 0 Å². The number of amides is 1. The Hall–Kier alpha value is -1.36. The Bertz CT molecular complexity index is 571. The number of imidazole rings is 1. The lowest BCUT2D eigenvalue weighted by Gasteiger charge is -2.36. The van der Waals surface area contributed by atoms with Gasteiger partial charge < -0.3 is 9.88 Å². The van der Waals surface area contributed by atoms with E-state index in [0.29, 0.717) is 12.1 Å². The molecule has 0 spiro atoms. The number of carbonyl (C=O) groups is 1. The van der Waals surface area contributed by atoms with Gasteiger partial charge in [0.05, 0.1) is 17.7 Å². The van der Waals surface area contributed by atoms with Crippen molar-refractivity contribution in [2.24, 2.45) is 5.92 Å². The van der Waals surface area contributed by atoms with E-state index in [4.69, 9.17) is 0 Å². The highest BCUT2D eigenvalue weighted by molar-refractivity contribution is 5.84. The molecule has 1 atom stereocenters. The van der Waals surface area contributed by atoms with Crippen LogP contribution in [0.4, 0.5) is 0 Å². The van der Waals surface area contributed by atoms with Crippen molar-refractivity contribution in [3.05, 3.63) is 17.7 Å². The van der Waals surface area contributed by atoms with E-state index < -0.39 is 0 Å². The molecular formula is C17H26N4O. The Labute approximate surface area is 132 Å². The van der Waals surface area contributed by atoms with Crippen LogP contribution < -0.4 is 5.32 Å². The lowest BCUT2D eigenvalue weighted by molar-refractivity contribution is -0.127. The van der Waals surface area contributed by atoms with Crippen LogP contribution in [0.2, 0.25) is 0 Å². The predicted molar refractivity (Wildman–Crippen MR) is 84.5 cm³/mol. The fourth-order valence-electron chi connectivity index (χ4n) is 3.49. The molecule has 1 aromatic rings. The maximum absolute atomic E-state index is 12.9. The molecule has 2 fully saturated rings. The second-order valence-corrected chi connectivity index (χ2v) is 7.45. The van der Waals surface area contributed by atoms with Crippen LogP contribution in [0, 0.1) is 5.92 Å². The molecule has 2 heterocycles.